The van der Waals surface area contributed by atoms with Crippen LogP contribution in [-0.4, -0.2) is 67.1 Å². The lowest BCUT2D eigenvalue weighted by Crippen LogP contribution is -2.32. The fourth-order valence-electron chi connectivity index (χ4n) is 4.58. The van der Waals surface area contributed by atoms with Crippen LogP contribution < -0.4 is 9.47 Å². The lowest BCUT2D eigenvalue weighted by molar-refractivity contribution is -0.129. The first-order chi connectivity index (χ1) is 16.0. The highest BCUT2D eigenvalue weighted by molar-refractivity contribution is 7.99. The summed E-state index contributed by atoms with van der Waals surface area (Å²) in [5, 5.41) is 0.638. The summed E-state index contributed by atoms with van der Waals surface area (Å²) in [5.74, 6) is 1.79. The summed E-state index contributed by atoms with van der Waals surface area (Å²) in [5.41, 5.74) is 1.06. The van der Waals surface area contributed by atoms with E-state index >= 15 is 0 Å². The lowest BCUT2D eigenvalue weighted by Gasteiger charge is -2.26. The van der Waals surface area contributed by atoms with Gasteiger partial charge in [-0.25, -0.2) is 13.4 Å². The van der Waals surface area contributed by atoms with Gasteiger partial charge in [0.2, 0.25) is 15.9 Å². The summed E-state index contributed by atoms with van der Waals surface area (Å²) in [4.78, 5) is 19.4. The number of fused-ring (bicyclic) bond motifs is 1. The van der Waals surface area contributed by atoms with Gasteiger partial charge in [0.25, 0.3) is 0 Å². The van der Waals surface area contributed by atoms with Crippen molar-refractivity contribution in [3.63, 3.8) is 0 Å². The van der Waals surface area contributed by atoms with E-state index in [9.17, 15) is 13.2 Å². The average Bonchev–Trinajstić information content (AvgIpc) is 3.55. The first kappa shape index (κ1) is 22.5. The summed E-state index contributed by atoms with van der Waals surface area (Å²) >= 11 is 1.33. The molecule has 4 heterocycles. The van der Waals surface area contributed by atoms with Crippen LogP contribution in [0.1, 0.15) is 37.3 Å². The summed E-state index contributed by atoms with van der Waals surface area (Å²) in [7, 11) is -3.48. The van der Waals surface area contributed by atoms with E-state index in [1.54, 1.807) is 12.1 Å². The van der Waals surface area contributed by atoms with E-state index in [1.165, 1.54) is 22.3 Å². The van der Waals surface area contributed by atoms with Crippen molar-refractivity contribution in [3.8, 4) is 11.5 Å². The smallest absolute Gasteiger partial charge is 0.244 e. The van der Waals surface area contributed by atoms with Gasteiger partial charge in [0, 0.05) is 25.8 Å². The molecular formula is C23H27N3O5S2. The maximum Gasteiger partial charge on any atom is 0.244 e. The molecule has 10 heteroatoms. The number of likely N-dealkylation sites (tertiary alicyclic amines) is 1. The second-order valence-electron chi connectivity index (χ2n) is 8.38. The van der Waals surface area contributed by atoms with Crippen LogP contribution in [0.25, 0.3) is 0 Å². The van der Waals surface area contributed by atoms with E-state index in [0.717, 1.165) is 49.3 Å². The van der Waals surface area contributed by atoms with Gasteiger partial charge in [0.05, 0.1) is 16.8 Å². The molecule has 3 aliphatic heterocycles. The fourth-order valence-corrected chi connectivity index (χ4v) is 6.77. The Kier molecular flexibility index (Phi) is 6.49. The summed E-state index contributed by atoms with van der Waals surface area (Å²) in [6, 6.07) is 9.21. The van der Waals surface area contributed by atoms with Crippen LogP contribution in [-0.2, 0) is 14.8 Å². The van der Waals surface area contributed by atoms with Gasteiger partial charge >= 0.3 is 0 Å². The molecule has 2 aromatic rings. The molecule has 1 unspecified atom stereocenters. The Hall–Kier alpha value is -2.30. The highest BCUT2D eigenvalue weighted by atomic mass is 32.2. The Morgan fingerprint density at radius 3 is 2.58 bits per heavy atom. The Morgan fingerprint density at radius 2 is 1.82 bits per heavy atom. The van der Waals surface area contributed by atoms with Crippen LogP contribution in [0.4, 0.5) is 0 Å². The van der Waals surface area contributed by atoms with Crippen LogP contribution >= 0.6 is 11.8 Å². The Labute approximate surface area is 198 Å². The molecule has 1 amide bonds. The number of nitrogens with zero attached hydrogens (tertiary/aromatic N) is 3. The zero-order valence-corrected chi connectivity index (χ0v) is 19.9. The van der Waals surface area contributed by atoms with Crippen molar-refractivity contribution >= 4 is 27.7 Å². The molecule has 8 nitrogen and oxygen atoms in total. The monoisotopic (exact) mass is 489 g/mol. The molecule has 0 saturated carbocycles. The molecule has 1 atom stereocenters. The van der Waals surface area contributed by atoms with Gasteiger partial charge in [-0.05, 0) is 55.5 Å². The predicted molar refractivity (Wildman–Crippen MR) is 124 cm³/mol. The van der Waals surface area contributed by atoms with Crippen molar-refractivity contribution in [2.24, 2.45) is 0 Å². The molecule has 2 fully saturated rings. The van der Waals surface area contributed by atoms with Crippen LogP contribution in [0.3, 0.4) is 0 Å². The van der Waals surface area contributed by atoms with Crippen molar-refractivity contribution in [3.05, 3.63) is 42.1 Å². The Balaban J connectivity index is 1.21. The van der Waals surface area contributed by atoms with Gasteiger partial charge in [-0.1, -0.05) is 17.8 Å². The number of ether oxygens (including phenoxy) is 2. The summed E-state index contributed by atoms with van der Waals surface area (Å²) in [6.07, 6.45) is 5.06. The van der Waals surface area contributed by atoms with Crippen molar-refractivity contribution < 1.29 is 22.7 Å². The number of pyridine rings is 1. The molecule has 33 heavy (non-hydrogen) atoms. The normalized spacial score (nSPS) is 20.8. The molecule has 0 radical (unpaired) electrons. The number of sulfonamides is 1. The second-order valence-corrected chi connectivity index (χ2v) is 11.3. The number of benzene rings is 1. The quantitative estimate of drug-likeness (QED) is 0.576. The topological polar surface area (TPSA) is 89.0 Å². The lowest BCUT2D eigenvalue weighted by atomic mass is 10.0. The summed E-state index contributed by atoms with van der Waals surface area (Å²) in [6.45, 7) is 2.93. The highest BCUT2D eigenvalue weighted by Crippen LogP contribution is 2.38. The van der Waals surface area contributed by atoms with Crippen molar-refractivity contribution in [2.75, 3.05) is 38.6 Å². The number of rotatable bonds is 6. The average molecular weight is 490 g/mol. The van der Waals surface area contributed by atoms with Gasteiger partial charge in [-0.3, -0.25) is 4.79 Å². The van der Waals surface area contributed by atoms with Crippen molar-refractivity contribution in [1.82, 2.24) is 14.2 Å². The highest BCUT2D eigenvalue weighted by Gasteiger charge is 2.31. The van der Waals surface area contributed by atoms with Crippen LogP contribution in [0.2, 0.25) is 0 Å². The zero-order chi connectivity index (χ0) is 22.8. The van der Waals surface area contributed by atoms with Gasteiger partial charge in [-0.2, -0.15) is 4.31 Å². The summed E-state index contributed by atoms with van der Waals surface area (Å²) < 4.78 is 38.1. The molecule has 5 rings (SSSR count). The third kappa shape index (κ3) is 4.69. The van der Waals surface area contributed by atoms with E-state index in [4.69, 9.17) is 9.47 Å². The molecule has 3 aliphatic rings. The minimum Gasteiger partial charge on any atom is -0.486 e. The molecule has 1 aromatic carbocycles. The molecular weight excluding hydrogens is 462 g/mol. The van der Waals surface area contributed by atoms with Gasteiger partial charge in [-0.15, -0.1) is 0 Å². The molecule has 2 saturated heterocycles. The van der Waals surface area contributed by atoms with Gasteiger partial charge < -0.3 is 14.4 Å². The first-order valence-electron chi connectivity index (χ1n) is 11.3. The Morgan fingerprint density at radius 1 is 1.03 bits per heavy atom. The predicted octanol–water partition coefficient (Wildman–Crippen LogP) is 3.09. The zero-order valence-electron chi connectivity index (χ0n) is 18.3. The molecule has 176 valence electrons. The van der Waals surface area contributed by atoms with Crippen LogP contribution in [0.5, 0.6) is 11.5 Å². The molecule has 1 aromatic heterocycles. The maximum absolute atomic E-state index is 13.0. The van der Waals surface area contributed by atoms with E-state index < -0.39 is 10.0 Å². The maximum atomic E-state index is 13.0. The number of carbonyl (C=O) groups is 1. The fraction of sp³-hybridized carbons (Fsp3) is 0.478. The third-order valence-corrected chi connectivity index (χ3v) is 9.09. The largest absolute Gasteiger partial charge is 0.486 e. The molecule has 0 bridgehead atoms. The minimum absolute atomic E-state index is 0.0230. The standard InChI is InChI=1S/C23H27N3O5S2/c27-23(16-32-22-8-6-18(15-24-22)33(28,29)25-9-1-2-10-25)26-11-3-4-19(26)17-5-7-20-21(14-17)31-13-12-30-20/h5-8,14-15,19H,1-4,9-13,16H2. The van der Waals surface area contributed by atoms with Gasteiger partial charge in [0.1, 0.15) is 18.1 Å². The number of aromatic nitrogens is 1. The number of hydrogen-bond donors (Lipinski definition) is 0. The van der Waals surface area contributed by atoms with Crippen LogP contribution in [0.15, 0.2) is 46.5 Å². The van der Waals surface area contributed by atoms with E-state index in [0.29, 0.717) is 31.3 Å². The molecule has 0 spiro atoms. The van der Waals surface area contributed by atoms with Gasteiger partial charge in [0.15, 0.2) is 11.5 Å². The van der Waals surface area contributed by atoms with E-state index in [1.807, 2.05) is 23.1 Å². The second kappa shape index (κ2) is 9.52. The molecule has 0 N–H and O–H groups in total. The minimum atomic E-state index is -3.48. The van der Waals surface area contributed by atoms with E-state index in [-0.39, 0.29) is 22.6 Å². The van der Waals surface area contributed by atoms with Crippen molar-refractivity contribution in [1.29, 1.82) is 0 Å². The SMILES string of the molecule is O=C(CSc1ccc(S(=O)(=O)N2CCCC2)cn1)N1CCCC1c1ccc2c(c1)OCCO2. The first-order valence-corrected chi connectivity index (χ1v) is 13.7. The third-order valence-electron chi connectivity index (χ3n) is 6.28. The number of thioether (sulfide) groups is 1. The molecule has 0 aliphatic carbocycles. The van der Waals surface area contributed by atoms with Crippen molar-refractivity contribution in [2.45, 2.75) is 41.6 Å². The Bertz CT molecular complexity index is 1120. The van der Waals surface area contributed by atoms with E-state index in [2.05, 4.69) is 4.98 Å². The number of amides is 1. The number of hydrogen-bond acceptors (Lipinski definition) is 7. The number of carbonyl (C=O) groups excluding carboxylic acids is 1. The van der Waals surface area contributed by atoms with Crippen LogP contribution in [0, 0.1) is 0 Å².